The number of fused-ring (bicyclic) bond motifs is 1. The molecule has 3 aromatic rings. The number of nitrogen functional groups attached to an aromatic ring is 1. The van der Waals surface area contributed by atoms with Crippen LogP contribution in [0.4, 0.5) is 5.95 Å². The van der Waals surface area contributed by atoms with Gasteiger partial charge in [-0.3, -0.25) is 9.25 Å². The zero-order chi connectivity index (χ0) is 15.0. The van der Waals surface area contributed by atoms with Crippen LogP contribution in [-0.2, 0) is 19.9 Å². The second kappa shape index (κ2) is 5.52. The smallest absolute Gasteiger partial charge is 0.202 e. The lowest BCUT2D eigenvalue weighted by molar-refractivity contribution is 0.552. The van der Waals surface area contributed by atoms with E-state index in [4.69, 9.17) is 5.73 Å². The zero-order valence-corrected chi connectivity index (χ0v) is 13.5. The topological polar surface area (TPSA) is 61.7 Å². The molecular formula is C15H21N5S. The van der Waals surface area contributed by atoms with Crippen LogP contribution < -0.4 is 5.73 Å². The molecule has 0 fully saturated rings. The predicted molar refractivity (Wildman–Crippen MR) is 87.6 cm³/mol. The third kappa shape index (κ3) is 2.44. The minimum atomic E-state index is 0.259. The van der Waals surface area contributed by atoms with E-state index in [2.05, 4.69) is 45.3 Å². The Labute approximate surface area is 128 Å². The molecular weight excluding hydrogens is 282 g/mol. The van der Waals surface area contributed by atoms with E-state index < -0.39 is 0 Å². The Kier molecular flexibility index (Phi) is 3.71. The van der Waals surface area contributed by atoms with Gasteiger partial charge in [0.2, 0.25) is 5.95 Å². The molecule has 1 atom stereocenters. The number of thiophene rings is 1. The summed E-state index contributed by atoms with van der Waals surface area (Å²) in [5, 5.41) is 8.90. The summed E-state index contributed by atoms with van der Waals surface area (Å²) in [4.78, 5) is 4.56. The highest BCUT2D eigenvalue weighted by atomic mass is 32.1. The number of imidazole rings is 1. The fourth-order valence-electron chi connectivity index (χ4n) is 2.90. The van der Waals surface area contributed by atoms with Crippen LogP contribution in [0.15, 0.2) is 16.8 Å². The molecule has 0 aromatic carbocycles. The van der Waals surface area contributed by atoms with Crippen molar-refractivity contribution in [3.05, 3.63) is 28.1 Å². The van der Waals surface area contributed by atoms with Gasteiger partial charge >= 0.3 is 0 Å². The van der Waals surface area contributed by atoms with Gasteiger partial charge in [0.05, 0.1) is 5.69 Å². The van der Waals surface area contributed by atoms with Gasteiger partial charge in [-0.2, -0.15) is 16.4 Å². The van der Waals surface area contributed by atoms with Gasteiger partial charge in [0, 0.05) is 13.1 Å². The summed E-state index contributed by atoms with van der Waals surface area (Å²) in [5.74, 6) is 0.582. The van der Waals surface area contributed by atoms with E-state index in [1.807, 2.05) is 11.7 Å². The van der Waals surface area contributed by atoms with Crippen LogP contribution in [0.1, 0.15) is 37.6 Å². The lowest BCUT2D eigenvalue weighted by Crippen LogP contribution is -2.13. The number of hydrogen-bond acceptors (Lipinski definition) is 4. The van der Waals surface area contributed by atoms with E-state index in [1.54, 1.807) is 11.3 Å². The van der Waals surface area contributed by atoms with Gasteiger partial charge in [0.15, 0.2) is 5.65 Å². The fourth-order valence-corrected chi connectivity index (χ4v) is 3.58. The van der Waals surface area contributed by atoms with Crippen molar-refractivity contribution in [1.82, 2.24) is 19.3 Å². The highest BCUT2D eigenvalue weighted by molar-refractivity contribution is 7.07. The van der Waals surface area contributed by atoms with E-state index in [0.717, 1.165) is 36.1 Å². The maximum Gasteiger partial charge on any atom is 0.202 e. The van der Waals surface area contributed by atoms with Gasteiger partial charge < -0.3 is 5.73 Å². The average molecular weight is 303 g/mol. The summed E-state index contributed by atoms with van der Waals surface area (Å²) in [6, 6.07) is 2.42. The predicted octanol–water partition coefficient (Wildman–Crippen LogP) is 3.17. The van der Waals surface area contributed by atoms with Gasteiger partial charge in [-0.15, -0.1) is 0 Å². The van der Waals surface area contributed by atoms with E-state index in [9.17, 15) is 0 Å². The summed E-state index contributed by atoms with van der Waals surface area (Å²) in [5.41, 5.74) is 10.5. The van der Waals surface area contributed by atoms with Crippen molar-refractivity contribution < 1.29 is 0 Å². The first-order valence-corrected chi connectivity index (χ1v) is 8.26. The molecule has 0 aliphatic heterocycles. The molecule has 5 nitrogen and oxygen atoms in total. The van der Waals surface area contributed by atoms with Crippen LogP contribution in [0.5, 0.6) is 0 Å². The van der Waals surface area contributed by atoms with Gasteiger partial charge in [-0.25, -0.2) is 4.98 Å². The van der Waals surface area contributed by atoms with Gasteiger partial charge in [-0.1, -0.05) is 13.3 Å². The molecule has 112 valence electrons. The third-order valence-corrected chi connectivity index (χ3v) is 4.53. The normalized spacial score (nSPS) is 13.1. The molecule has 0 amide bonds. The molecule has 0 aliphatic rings. The Hall–Kier alpha value is -1.82. The first kappa shape index (κ1) is 14.1. The summed E-state index contributed by atoms with van der Waals surface area (Å²) in [7, 11) is 1.97. The number of hydrogen-bond donors (Lipinski definition) is 1. The molecule has 0 saturated heterocycles. The molecule has 6 heteroatoms. The van der Waals surface area contributed by atoms with Gasteiger partial charge in [0.1, 0.15) is 5.52 Å². The minimum absolute atomic E-state index is 0.259. The molecule has 1 unspecified atom stereocenters. The Morgan fingerprint density at radius 1 is 1.43 bits per heavy atom. The number of nitrogens with zero attached hydrogens (tertiary/aromatic N) is 4. The van der Waals surface area contributed by atoms with Crippen molar-refractivity contribution in [2.45, 2.75) is 39.2 Å². The monoisotopic (exact) mass is 303 g/mol. The molecule has 0 saturated carbocycles. The zero-order valence-electron chi connectivity index (χ0n) is 12.7. The number of rotatable bonds is 5. The summed E-state index contributed by atoms with van der Waals surface area (Å²) >= 11 is 1.73. The van der Waals surface area contributed by atoms with Crippen LogP contribution in [0.25, 0.3) is 11.2 Å². The first-order valence-electron chi connectivity index (χ1n) is 7.32. The number of nitrogens with two attached hydrogens (primary N) is 1. The van der Waals surface area contributed by atoms with Crippen LogP contribution in [0.2, 0.25) is 0 Å². The minimum Gasteiger partial charge on any atom is -0.369 e. The third-order valence-electron chi connectivity index (χ3n) is 3.80. The van der Waals surface area contributed by atoms with Crippen LogP contribution in [0, 0.1) is 0 Å². The van der Waals surface area contributed by atoms with E-state index in [1.165, 1.54) is 5.56 Å². The standard InChI is InChI=1S/C15H21N5S/c1-4-5-12-13-14(19(3)18-12)20(15(16)17-13)10(2)8-11-6-7-21-9-11/h6-7,9-10H,4-5,8H2,1-3H3,(H2,16,17). The van der Waals surface area contributed by atoms with Crippen molar-refractivity contribution in [3.63, 3.8) is 0 Å². The summed E-state index contributed by atoms with van der Waals surface area (Å²) < 4.78 is 4.02. The Morgan fingerprint density at radius 3 is 2.90 bits per heavy atom. The molecule has 0 bridgehead atoms. The van der Waals surface area contributed by atoms with Crippen molar-refractivity contribution in [2.24, 2.45) is 7.05 Å². The maximum absolute atomic E-state index is 6.17. The number of aryl methyl sites for hydroxylation is 2. The fraction of sp³-hybridized carbons (Fsp3) is 0.467. The Morgan fingerprint density at radius 2 is 2.24 bits per heavy atom. The number of aromatic nitrogens is 4. The molecule has 3 heterocycles. The Bertz CT molecular complexity index is 738. The van der Waals surface area contributed by atoms with Crippen LogP contribution in [0.3, 0.4) is 0 Å². The molecule has 2 N–H and O–H groups in total. The average Bonchev–Trinajstić information content (AvgIpc) is 3.10. The molecule has 3 aromatic heterocycles. The van der Waals surface area contributed by atoms with Crippen molar-refractivity contribution in [2.75, 3.05) is 5.73 Å². The van der Waals surface area contributed by atoms with Gasteiger partial charge in [-0.05, 0) is 42.2 Å². The van der Waals surface area contributed by atoms with E-state index in [-0.39, 0.29) is 6.04 Å². The highest BCUT2D eigenvalue weighted by Crippen LogP contribution is 2.27. The SMILES string of the molecule is CCCc1nn(C)c2c1nc(N)n2C(C)Cc1ccsc1. The van der Waals surface area contributed by atoms with Crippen molar-refractivity contribution in [1.29, 1.82) is 0 Å². The lowest BCUT2D eigenvalue weighted by atomic mass is 10.1. The first-order chi connectivity index (χ1) is 10.1. The van der Waals surface area contributed by atoms with Crippen molar-refractivity contribution >= 4 is 28.4 Å². The number of anilines is 1. The second-order valence-electron chi connectivity index (χ2n) is 5.52. The summed E-state index contributed by atoms with van der Waals surface area (Å²) in [6.45, 7) is 4.34. The molecule has 0 radical (unpaired) electrons. The largest absolute Gasteiger partial charge is 0.369 e. The van der Waals surface area contributed by atoms with E-state index >= 15 is 0 Å². The van der Waals surface area contributed by atoms with Crippen LogP contribution in [-0.4, -0.2) is 19.3 Å². The van der Waals surface area contributed by atoms with E-state index in [0.29, 0.717) is 5.95 Å². The van der Waals surface area contributed by atoms with Gasteiger partial charge in [0.25, 0.3) is 0 Å². The second-order valence-corrected chi connectivity index (χ2v) is 6.30. The molecule has 21 heavy (non-hydrogen) atoms. The molecule has 3 rings (SSSR count). The van der Waals surface area contributed by atoms with Crippen LogP contribution >= 0.6 is 11.3 Å². The summed E-state index contributed by atoms with van der Waals surface area (Å²) in [6.07, 6.45) is 2.95. The maximum atomic E-state index is 6.17. The van der Waals surface area contributed by atoms with Crippen molar-refractivity contribution in [3.8, 4) is 0 Å². The highest BCUT2D eigenvalue weighted by Gasteiger charge is 2.21. The Balaban J connectivity index is 2.03. The molecule has 0 aliphatic carbocycles. The quantitative estimate of drug-likeness (QED) is 0.787. The molecule has 0 spiro atoms. The lowest BCUT2D eigenvalue weighted by Gasteiger charge is -2.15.